The largest absolute Gasteiger partial charge is 0.494 e. The van der Waals surface area contributed by atoms with Crippen molar-refractivity contribution in [1.29, 1.82) is 0 Å². The summed E-state index contributed by atoms with van der Waals surface area (Å²) in [5, 5.41) is 0. The van der Waals surface area contributed by atoms with E-state index in [1.807, 2.05) is 25.8 Å². The van der Waals surface area contributed by atoms with E-state index in [9.17, 15) is 9.18 Å². The molecule has 0 aromatic heterocycles. The van der Waals surface area contributed by atoms with Gasteiger partial charge in [-0.05, 0) is 39.1 Å². The van der Waals surface area contributed by atoms with Gasteiger partial charge in [0.1, 0.15) is 0 Å². The molecule has 0 N–H and O–H groups in total. The van der Waals surface area contributed by atoms with Crippen molar-refractivity contribution in [2.75, 3.05) is 20.7 Å². The van der Waals surface area contributed by atoms with Crippen LogP contribution in [0.2, 0.25) is 0 Å². The Balaban J connectivity index is 2.80. The van der Waals surface area contributed by atoms with Crippen molar-refractivity contribution in [3.63, 3.8) is 0 Å². The first-order valence-electron chi connectivity index (χ1n) is 5.52. The number of Topliss-reactive ketones (excluding diaryl/α,β-unsaturated/α-hetero) is 1. The first kappa shape index (κ1) is 13.6. The highest BCUT2D eigenvalue weighted by Crippen LogP contribution is 2.18. The summed E-state index contributed by atoms with van der Waals surface area (Å²) < 4.78 is 18.2. The van der Waals surface area contributed by atoms with Crippen LogP contribution in [0.3, 0.4) is 0 Å². The summed E-state index contributed by atoms with van der Waals surface area (Å²) in [5.74, 6) is -0.452. The predicted molar refractivity (Wildman–Crippen MR) is 65.0 cm³/mol. The van der Waals surface area contributed by atoms with Gasteiger partial charge in [0.2, 0.25) is 0 Å². The van der Waals surface area contributed by atoms with Crippen LogP contribution in [0, 0.1) is 5.82 Å². The van der Waals surface area contributed by atoms with E-state index in [2.05, 4.69) is 0 Å². The SMILES string of the molecule is COc1ccc(C(=O)CN(C)C(C)C)cc1F. The normalized spacial score (nSPS) is 11.0. The van der Waals surface area contributed by atoms with E-state index in [1.54, 1.807) is 6.07 Å². The van der Waals surface area contributed by atoms with Gasteiger partial charge < -0.3 is 4.74 Å². The Hall–Kier alpha value is -1.42. The van der Waals surface area contributed by atoms with Crippen molar-refractivity contribution >= 4 is 5.78 Å². The molecule has 1 aromatic rings. The van der Waals surface area contributed by atoms with E-state index >= 15 is 0 Å². The molecule has 0 saturated carbocycles. The predicted octanol–water partition coefficient (Wildman–Crippen LogP) is 2.36. The minimum atomic E-state index is -0.509. The lowest BCUT2D eigenvalue weighted by Gasteiger charge is -2.19. The Morgan fingerprint density at radius 2 is 2.12 bits per heavy atom. The average molecular weight is 239 g/mol. The third-order valence-electron chi connectivity index (χ3n) is 2.75. The number of halogens is 1. The van der Waals surface area contributed by atoms with Gasteiger partial charge in [-0.3, -0.25) is 9.69 Å². The first-order valence-corrected chi connectivity index (χ1v) is 5.52. The molecule has 0 saturated heterocycles. The molecule has 1 rings (SSSR count). The zero-order chi connectivity index (χ0) is 13.0. The molecule has 0 bridgehead atoms. The Morgan fingerprint density at radius 3 is 2.59 bits per heavy atom. The van der Waals surface area contributed by atoms with Gasteiger partial charge in [-0.2, -0.15) is 0 Å². The van der Waals surface area contributed by atoms with Gasteiger partial charge in [0.05, 0.1) is 13.7 Å². The van der Waals surface area contributed by atoms with Gasteiger partial charge >= 0.3 is 0 Å². The average Bonchev–Trinajstić information content (AvgIpc) is 2.28. The third kappa shape index (κ3) is 3.53. The van der Waals surface area contributed by atoms with Crippen LogP contribution in [0.5, 0.6) is 5.75 Å². The van der Waals surface area contributed by atoms with Crippen molar-refractivity contribution in [2.45, 2.75) is 19.9 Å². The maximum atomic E-state index is 13.4. The van der Waals surface area contributed by atoms with Crippen molar-refractivity contribution < 1.29 is 13.9 Å². The monoisotopic (exact) mass is 239 g/mol. The lowest BCUT2D eigenvalue weighted by molar-refractivity contribution is 0.0929. The van der Waals surface area contributed by atoms with Gasteiger partial charge in [0.25, 0.3) is 0 Å². The van der Waals surface area contributed by atoms with Gasteiger partial charge in [0.15, 0.2) is 17.3 Å². The minimum absolute atomic E-state index is 0.0947. The number of likely N-dealkylation sites (N-methyl/N-ethyl adjacent to an activating group) is 1. The van der Waals surface area contributed by atoms with E-state index in [0.29, 0.717) is 5.56 Å². The number of methoxy groups -OCH3 is 1. The molecule has 0 fully saturated rings. The van der Waals surface area contributed by atoms with Gasteiger partial charge in [-0.1, -0.05) is 0 Å². The second kappa shape index (κ2) is 5.77. The van der Waals surface area contributed by atoms with Gasteiger partial charge in [-0.15, -0.1) is 0 Å². The van der Waals surface area contributed by atoms with Crippen LogP contribution in [-0.2, 0) is 0 Å². The zero-order valence-corrected chi connectivity index (χ0v) is 10.7. The number of nitrogens with zero attached hydrogens (tertiary/aromatic N) is 1. The molecule has 0 heterocycles. The molecule has 0 spiro atoms. The summed E-state index contributed by atoms with van der Waals surface area (Å²) >= 11 is 0. The molecule has 0 radical (unpaired) electrons. The maximum Gasteiger partial charge on any atom is 0.176 e. The van der Waals surface area contributed by atoms with Gasteiger partial charge in [0, 0.05) is 11.6 Å². The molecule has 1 aromatic carbocycles. The lowest BCUT2D eigenvalue weighted by Crippen LogP contribution is -2.31. The molecule has 0 amide bonds. The summed E-state index contributed by atoms with van der Waals surface area (Å²) in [5.41, 5.74) is 0.371. The molecule has 17 heavy (non-hydrogen) atoms. The standard InChI is InChI=1S/C13H18FNO2/c1-9(2)15(3)8-12(16)10-5-6-13(17-4)11(14)7-10/h5-7,9H,8H2,1-4H3. The summed E-state index contributed by atoms with van der Waals surface area (Å²) in [6.45, 7) is 4.28. The molecule has 94 valence electrons. The first-order chi connectivity index (χ1) is 7.95. The number of carbonyl (C=O) groups excluding carboxylic acids is 1. The number of rotatable bonds is 5. The van der Waals surface area contributed by atoms with Crippen LogP contribution in [0.4, 0.5) is 4.39 Å². The lowest BCUT2D eigenvalue weighted by atomic mass is 10.1. The Labute approximate surface area is 101 Å². The molecular formula is C13H18FNO2. The number of hydrogen-bond acceptors (Lipinski definition) is 3. The summed E-state index contributed by atoms with van der Waals surface area (Å²) in [6.07, 6.45) is 0. The topological polar surface area (TPSA) is 29.5 Å². The third-order valence-corrected chi connectivity index (χ3v) is 2.75. The number of hydrogen-bond donors (Lipinski definition) is 0. The van der Waals surface area contributed by atoms with Crippen LogP contribution in [0.15, 0.2) is 18.2 Å². The molecule has 4 heteroatoms. The number of carbonyl (C=O) groups is 1. The summed E-state index contributed by atoms with van der Waals surface area (Å²) in [6, 6.07) is 4.55. The van der Waals surface area contributed by atoms with Crippen LogP contribution >= 0.6 is 0 Å². The van der Waals surface area contributed by atoms with E-state index < -0.39 is 5.82 Å². The smallest absolute Gasteiger partial charge is 0.176 e. The Morgan fingerprint density at radius 1 is 1.47 bits per heavy atom. The molecule has 0 unspecified atom stereocenters. The Bertz CT molecular complexity index is 404. The summed E-state index contributed by atoms with van der Waals surface area (Å²) in [4.78, 5) is 13.8. The summed E-state index contributed by atoms with van der Waals surface area (Å²) in [7, 11) is 3.26. The van der Waals surface area contributed by atoms with E-state index in [4.69, 9.17) is 4.74 Å². The van der Waals surface area contributed by atoms with Crippen LogP contribution in [0.25, 0.3) is 0 Å². The molecule has 0 atom stereocenters. The second-order valence-electron chi connectivity index (χ2n) is 4.28. The highest BCUT2D eigenvalue weighted by molar-refractivity contribution is 5.97. The van der Waals surface area contributed by atoms with Gasteiger partial charge in [-0.25, -0.2) is 4.39 Å². The maximum absolute atomic E-state index is 13.4. The fraction of sp³-hybridized carbons (Fsp3) is 0.462. The fourth-order valence-electron chi connectivity index (χ4n) is 1.34. The van der Waals surface area contributed by atoms with Crippen molar-refractivity contribution in [1.82, 2.24) is 4.90 Å². The van der Waals surface area contributed by atoms with E-state index in [-0.39, 0.29) is 24.1 Å². The second-order valence-corrected chi connectivity index (χ2v) is 4.28. The van der Waals surface area contributed by atoms with E-state index in [0.717, 1.165) is 0 Å². The molecule has 0 aliphatic carbocycles. The van der Waals surface area contributed by atoms with Crippen LogP contribution in [0.1, 0.15) is 24.2 Å². The highest BCUT2D eigenvalue weighted by atomic mass is 19.1. The number of ether oxygens (including phenoxy) is 1. The molecule has 0 aliphatic heterocycles. The van der Waals surface area contributed by atoms with Crippen molar-refractivity contribution in [3.8, 4) is 5.75 Å². The number of benzene rings is 1. The van der Waals surface area contributed by atoms with Crippen molar-refractivity contribution in [3.05, 3.63) is 29.6 Å². The fourth-order valence-corrected chi connectivity index (χ4v) is 1.34. The minimum Gasteiger partial charge on any atom is -0.494 e. The Kier molecular flexibility index (Phi) is 4.63. The van der Waals surface area contributed by atoms with Crippen LogP contribution < -0.4 is 4.74 Å². The molecular weight excluding hydrogens is 221 g/mol. The van der Waals surface area contributed by atoms with Crippen molar-refractivity contribution in [2.24, 2.45) is 0 Å². The number of ketones is 1. The molecule has 3 nitrogen and oxygen atoms in total. The zero-order valence-electron chi connectivity index (χ0n) is 10.7. The highest BCUT2D eigenvalue weighted by Gasteiger charge is 2.13. The quantitative estimate of drug-likeness (QED) is 0.739. The van der Waals surface area contributed by atoms with E-state index in [1.165, 1.54) is 19.2 Å². The van der Waals surface area contributed by atoms with Crippen LogP contribution in [-0.4, -0.2) is 37.4 Å². The molecule has 0 aliphatic rings.